The molecule has 0 saturated carbocycles. The van der Waals surface area contributed by atoms with Crippen LogP contribution in [0.3, 0.4) is 0 Å². The second-order valence-corrected chi connectivity index (χ2v) is 7.98. The average Bonchev–Trinajstić information content (AvgIpc) is 3.18. The van der Waals surface area contributed by atoms with Crippen LogP contribution in [-0.4, -0.2) is 32.7 Å². The summed E-state index contributed by atoms with van der Waals surface area (Å²) in [5.74, 6) is 0.855. The van der Waals surface area contributed by atoms with E-state index in [4.69, 9.17) is 0 Å². The maximum Gasteiger partial charge on any atom is 0.176 e. The lowest BCUT2D eigenvalue weighted by Gasteiger charge is -2.03. The van der Waals surface area contributed by atoms with Crippen LogP contribution >= 0.6 is 34.4 Å². The van der Waals surface area contributed by atoms with Crippen molar-refractivity contribution in [2.45, 2.75) is 10.8 Å². The first kappa shape index (κ1) is 14.8. The molecule has 0 radical (unpaired) electrons. The summed E-state index contributed by atoms with van der Waals surface area (Å²) < 4.78 is 3.26. The second kappa shape index (κ2) is 6.38. The molecule has 8 heteroatoms. The highest BCUT2D eigenvalue weighted by Crippen LogP contribution is 2.31. The van der Waals surface area contributed by atoms with Gasteiger partial charge in [0, 0.05) is 13.0 Å². The zero-order chi connectivity index (χ0) is 15.6. The predicted octanol–water partition coefficient (Wildman–Crippen LogP) is 4.07. The number of thiazole rings is 2. The Morgan fingerprint density at radius 2 is 2.04 bits per heavy atom. The molecule has 1 aromatic carbocycles. The lowest BCUT2D eigenvalue weighted by molar-refractivity contribution is 0.993. The smallest absolute Gasteiger partial charge is 0.176 e. The van der Waals surface area contributed by atoms with Crippen molar-refractivity contribution in [1.29, 1.82) is 0 Å². The van der Waals surface area contributed by atoms with Gasteiger partial charge in [-0.3, -0.25) is 0 Å². The fourth-order valence-electron chi connectivity index (χ4n) is 2.26. The van der Waals surface area contributed by atoms with E-state index in [-0.39, 0.29) is 0 Å². The van der Waals surface area contributed by atoms with Gasteiger partial charge in [-0.2, -0.15) is 0 Å². The molecule has 23 heavy (non-hydrogen) atoms. The normalized spacial score (nSPS) is 11.3. The highest BCUT2D eigenvalue weighted by atomic mass is 32.2. The van der Waals surface area contributed by atoms with Crippen LogP contribution in [0.4, 0.5) is 5.82 Å². The van der Waals surface area contributed by atoms with E-state index in [1.807, 2.05) is 18.4 Å². The maximum atomic E-state index is 4.66. The van der Waals surface area contributed by atoms with E-state index in [0.29, 0.717) is 0 Å². The fraction of sp³-hybridized carbons (Fsp3) is 0.200. The number of nitrogens with one attached hydrogen (secondary N) is 1. The fourth-order valence-corrected chi connectivity index (χ4v) is 4.71. The van der Waals surface area contributed by atoms with Crippen molar-refractivity contribution < 1.29 is 0 Å². The van der Waals surface area contributed by atoms with Crippen LogP contribution in [0.25, 0.3) is 20.6 Å². The second-order valence-electron chi connectivity index (χ2n) is 4.81. The molecule has 0 spiro atoms. The van der Waals surface area contributed by atoms with Crippen LogP contribution in [0.2, 0.25) is 0 Å². The van der Waals surface area contributed by atoms with Crippen molar-refractivity contribution >= 4 is 60.8 Å². The highest BCUT2D eigenvalue weighted by Gasteiger charge is 2.10. The molecule has 0 aliphatic rings. The van der Waals surface area contributed by atoms with E-state index in [0.717, 1.165) is 44.0 Å². The van der Waals surface area contributed by atoms with E-state index in [9.17, 15) is 0 Å². The molecule has 0 unspecified atom stereocenters. The van der Waals surface area contributed by atoms with E-state index < -0.39 is 0 Å². The minimum Gasteiger partial charge on any atom is -0.368 e. The van der Waals surface area contributed by atoms with Crippen molar-refractivity contribution in [3.05, 3.63) is 35.6 Å². The third kappa shape index (κ3) is 3.01. The predicted molar refractivity (Wildman–Crippen MR) is 98.8 cm³/mol. The molecular weight excluding hydrogens is 346 g/mol. The first-order chi connectivity index (χ1) is 11.3. The summed E-state index contributed by atoms with van der Waals surface area (Å²) in [4.78, 5) is 17.7. The maximum absolute atomic E-state index is 4.66. The lowest BCUT2D eigenvalue weighted by atomic mass is 10.3. The number of hydrogen-bond donors (Lipinski definition) is 1. The van der Waals surface area contributed by atoms with Crippen molar-refractivity contribution in [2.75, 3.05) is 18.1 Å². The zero-order valence-corrected chi connectivity index (χ0v) is 14.8. The molecule has 0 aliphatic heterocycles. The van der Waals surface area contributed by atoms with Crippen molar-refractivity contribution in [2.24, 2.45) is 0 Å². The molecule has 3 heterocycles. The van der Waals surface area contributed by atoms with Crippen LogP contribution < -0.4 is 5.32 Å². The lowest BCUT2D eigenvalue weighted by Crippen LogP contribution is -2.06. The van der Waals surface area contributed by atoms with Gasteiger partial charge in [-0.1, -0.05) is 23.9 Å². The van der Waals surface area contributed by atoms with E-state index in [1.54, 1.807) is 40.8 Å². The van der Waals surface area contributed by atoms with E-state index in [2.05, 4.69) is 37.4 Å². The Labute approximate surface area is 145 Å². The number of hydrogen-bond acceptors (Lipinski definition) is 8. The molecule has 4 rings (SSSR count). The van der Waals surface area contributed by atoms with Gasteiger partial charge in [-0.05, 0) is 18.4 Å². The van der Waals surface area contributed by atoms with Crippen LogP contribution in [0.5, 0.6) is 0 Å². The summed E-state index contributed by atoms with van der Waals surface area (Å²) >= 11 is 5.00. The molecule has 0 bridgehead atoms. The molecule has 0 amide bonds. The SMILES string of the molecule is CSc1nc2ncnc(NCCc3nc4ccccc4s3)c2s1. The summed E-state index contributed by atoms with van der Waals surface area (Å²) in [6, 6.07) is 8.24. The number of anilines is 1. The van der Waals surface area contributed by atoms with Crippen molar-refractivity contribution in [3.8, 4) is 0 Å². The standard InChI is InChI=1S/C15H13N5S3/c1-21-15-20-14-12(23-15)13(17-8-18-14)16-7-6-11-19-9-4-2-3-5-10(9)22-11/h2-5,8H,6-7H2,1H3,(H,16,17,18). The zero-order valence-electron chi connectivity index (χ0n) is 12.3. The van der Waals surface area contributed by atoms with Gasteiger partial charge in [-0.15, -0.1) is 22.7 Å². The van der Waals surface area contributed by atoms with Crippen molar-refractivity contribution in [3.63, 3.8) is 0 Å². The van der Waals surface area contributed by atoms with Crippen LogP contribution in [0, 0.1) is 0 Å². The van der Waals surface area contributed by atoms with Gasteiger partial charge >= 0.3 is 0 Å². The number of rotatable bonds is 5. The Hall–Kier alpha value is -1.77. The van der Waals surface area contributed by atoms with Gasteiger partial charge in [0.25, 0.3) is 0 Å². The highest BCUT2D eigenvalue weighted by molar-refractivity contribution is 8.00. The third-order valence-electron chi connectivity index (χ3n) is 3.32. The minimum atomic E-state index is 0.761. The molecule has 116 valence electrons. The summed E-state index contributed by atoms with van der Waals surface area (Å²) in [6.45, 7) is 0.790. The molecular formula is C15H13N5S3. The quantitative estimate of drug-likeness (QED) is 0.542. The average molecular weight is 360 g/mol. The van der Waals surface area contributed by atoms with Gasteiger partial charge in [0.15, 0.2) is 9.99 Å². The van der Waals surface area contributed by atoms with E-state index in [1.165, 1.54) is 4.70 Å². The minimum absolute atomic E-state index is 0.761. The largest absolute Gasteiger partial charge is 0.368 e. The van der Waals surface area contributed by atoms with Gasteiger partial charge < -0.3 is 5.32 Å². The monoisotopic (exact) mass is 359 g/mol. The Kier molecular flexibility index (Phi) is 4.11. The molecule has 0 aliphatic carbocycles. The van der Waals surface area contributed by atoms with Gasteiger partial charge in [0.1, 0.15) is 16.8 Å². The number of aromatic nitrogens is 4. The number of benzene rings is 1. The molecule has 0 fully saturated rings. The topological polar surface area (TPSA) is 63.6 Å². The number of nitrogens with zero attached hydrogens (tertiary/aromatic N) is 4. The number of para-hydroxylation sites is 1. The van der Waals surface area contributed by atoms with Gasteiger partial charge in [0.05, 0.1) is 15.2 Å². The van der Waals surface area contributed by atoms with Gasteiger partial charge in [-0.25, -0.2) is 19.9 Å². The third-order valence-corrected chi connectivity index (χ3v) is 6.45. The molecule has 5 nitrogen and oxygen atoms in total. The molecule has 0 atom stereocenters. The first-order valence-electron chi connectivity index (χ1n) is 7.07. The Bertz CT molecular complexity index is 929. The van der Waals surface area contributed by atoms with Crippen LogP contribution in [0.1, 0.15) is 5.01 Å². The van der Waals surface area contributed by atoms with Crippen LogP contribution in [-0.2, 0) is 6.42 Å². The molecule has 4 aromatic rings. The summed E-state index contributed by atoms with van der Waals surface area (Å²) in [6.07, 6.45) is 4.45. The van der Waals surface area contributed by atoms with E-state index >= 15 is 0 Å². The molecule has 0 saturated heterocycles. The Morgan fingerprint density at radius 1 is 1.13 bits per heavy atom. The summed E-state index contributed by atoms with van der Waals surface area (Å²) in [7, 11) is 0. The molecule has 3 aromatic heterocycles. The van der Waals surface area contributed by atoms with Crippen LogP contribution in [0.15, 0.2) is 34.9 Å². The summed E-state index contributed by atoms with van der Waals surface area (Å²) in [5.41, 5.74) is 1.83. The van der Waals surface area contributed by atoms with Gasteiger partial charge in [0.2, 0.25) is 0 Å². The summed E-state index contributed by atoms with van der Waals surface area (Å²) in [5, 5.41) is 4.53. The van der Waals surface area contributed by atoms with Crippen molar-refractivity contribution in [1.82, 2.24) is 19.9 Å². The Balaban J connectivity index is 1.49. The molecule has 1 N–H and O–H groups in total. The first-order valence-corrected chi connectivity index (χ1v) is 9.93. The number of fused-ring (bicyclic) bond motifs is 2. The number of thioether (sulfide) groups is 1. The Morgan fingerprint density at radius 3 is 2.91 bits per heavy atom.